The second kappa shape index (κ2) is 10.2. The zero-order chi connectivity index (χ0) is 16.4. The maximum Gasteiger partial charge on any atom is 0.0406 e. The van der Waals surface area contributed by atoms with Crippen molar-refractivity contribution < 1.29 is 0 Å². The molecule has 0 amide bonds. The van der Waals surface area contributed by atoms with Gasteiger partial charge in [0, 0.05) is 47.0 Å². The summed E-state index contributed by atoms with van der Waals surface area (Å²) in [4.78, 5) is 5.33. The van der Waals surface area contributed by atoms with Gasteiger partial charge < -0.3 is 5.32 Å². The van der Waals surface area contributed by atoms with Crippen molar-refractivity contribution >= 4 is 48.2 Å². The summed E-state index contributed by atoms with van der Waals surface area (Å²) >= 11 is 7.89. The molecule has 0 spiro atoms. The predicted octanol–water partition coefficient (Wildman–Crippen LogP) is 5.69. The molecule has 0 radical (unpaired) electrons. The van der Waals surface area contributed by atoms with Crippen molar-refractivity contribution in [2.75, 3.05) is 26.2 Å². The maximum atomic E-state index is 6.03. The largest absolute Gasteiger partial charge is 0.314 e. The average molecular weight is 432 g/mol. The van der Waals surface area contributed by atoms with Crippen LogP contribution in [0, 0.1) is 5.92 Å². The van der Waals surface area contributed by atoms with E-state index in [-0.39, 0.29) is 24.8 Å². The molecule has 142 valence electrons. The van der Waals surface area contributed by atoms with Gasteiger partial charge in [-0.05, 0) is 54.7 Å². The minimum absolute atomic E-state index is 0. The SMILES string of the molecule is Cl.Cl.Clc1ccc(Sc2ccccc2[C@@H](C2CC2)N2CCNCC2)cc1. The minimum atomic E-state index is 0. The predicted molar refractivity (Wildman–Crippen MR) is 116 cm³/mol. The molecule has 0 unspecified atom stereocenters. The molecule has 2 fully saturated rings. The first kappa shape index (κ1) is 21.9. The normalized spacial score (nSPS) is 18.5. The van der Waals surface area contributed by atoms with Crippen molar-refractivity contribution in [2.45, 2.75) is 28.7 Å². The number of hydrogen-bond acceptors (Lipinski definition) is 3. The topological polar surface area (TPSA) is 15.3 Å². The van der Waals surface area contributed by atoms with Gasteiger partial charge in [-0.15, -0.1) is 24.8 Å². The summed E-state index contributed by atoms with van der Waals surface area (Å²) in [7, 11) is 0. The Morgan fingerprint density at radius 3 is 2.27 bits per heavy atom. The third kappa shape index (κ3) is 5.31. The molecule has 6 heteroatoms. The number of piperazine rings is 1. The van der Waals surface area contributed by atoms with E-state index in [1.54, 1.807) is 0 Å². The van der Waals surface area contributed by atoms with Gasteiger partial charge in [0.25, 0.3) is 0 Å². The van der Waals surface area contributed by atoms with Crippen LogP contribution >= 0.6 is 48.2 Å². The summed E-state index contributed by atoms with van der Waals surface area (Å²) < 4.78 is 0. The molecule has 1 aliphatic carbocycles. The molecule has 1 heterocycles. The maximum absolute atomic E-state index is 6.03. The first-order chi connectivity index (χ1) is 11.8. The summed E-state index contributed by atoms with van der Waals surface area (Å²) in [6.45, 7) is 4.52. The highest BCUT2D eigenvalue weighted by molar-refractivity contribution is 7.99. The Balaban J connectivity index is 0.00000121. The Kier molecular flexibility index (Phi) is 8.59. The molecule has 1 N–H and O–H groups in total. The van der Waals surface area contributed by atoms with E-state index in [2.05, 4.69) is 46.6 Å². The van der Waals surface area contributed by atoms with Gasteiger partial charge in [0.2, 0.25) is 0 Å². The molecule has 2 aromatic rings. The fraction of sp³-hybridized carbons (Fsp3) is 0.400. The highest BCUT2D eigenvalue weighted by Crippen LogP contribution is 2.47. The van der Waals surface area contributed by atoms with Crippen molar-refractivity contribution in [1.82, 2.24) is 10.2 Å². The van der Waals surface area contributed by atoms with Gasteiger partial charge in [-0.1, -0.05) is 41.6 Å². The smallest absolute Gasteiger partial charge is 0.0406 e. The molecule has 2 aromatic carbocycles. The quantitative estimate of drug-likeness (QED) is 0.654. The van der Waals surface area contributed by atoms with Crippen LogP contribution in [0.25, 0.3) is 0 Å². The standard InChI is InChI=1S/C20H23ClN2S.2ClH/c21-16-7-9-17(10-8-16)24-19-4-2-1-3-18(19)20(15-5-6-15)23-13-11-22-12-14-23;;/h1-4,7-10,15,20,22H,5-6,11-14H2;2*1H/t20-;;/m1../s1. The summed E-state index contributed by atoms with van der Waals surface area (Å²) in [6.07, 6.45) is 2.74. The number of hydrogen-bond donors (Lipinski definition) is 1. The van der Waals surface area contributed by atoms with Crippen molar-refractivity contribution in [1.29, 1.82) is 0 Å². The van der Waals surface area contributed by atoms with Gasteiger partial charge in [-0.25, -0.2) is 0 Å². The molecule has 0 aromatic heterocycles. The number of rotatable bonds is 5. The molecule has 4 rings (SSSR count). The van der Waals surface area contributed by atoms with E-state index >= 15 is 0 Å². The molecule has 26 heavy (non-hydrogen) atoms. The number of benzene rings is 2. The van der Waals surface area contributed by atoms with Gasteiger partial charge in [0.1, 0.15) is 0 Å². The third-order valence-corrected chi connectivity index (χ3v) is 6.24. The molecular weight excluding hydrogens is 407 g/mol. The Labute approximate surface area is 177 Å². The van der Waals surface area contributed by atoms with Gasteiger partial charge in [0.15, 0.2) is 0 Å². The van der Waals surface area contributed by atoms with Crippen molar-refractivity contribution in [3.63, 3.8) is 0 Å². The Morgan fingerprint density at radius 2 is 1.62 bits per heavy atom. The number of nitrogens with one attached hydrogen (secondary N) is 1. The van der Waals surface area contributed by atoms with Crippen LogP contribution in [0.5, 0.6) is 0 Å². The monoisotopic (exact) mass is 430 g/mol. The zero-order valence-electron chi connectivity index (χ0n) is 14.6. The molecule has 2 aliphatic rings. The van der Waals surface area contributed by atoms with Crippen molar-refractivity contribution in [3.05, 3.63) is 59.1 Å². The zero-order valence-corrected chi connectivity index (χ0v) is 17.8. The lowest BCUT2D eigenvalue weighted by Gasteiger charge is -2.36. The van der Waals surface area contributed by atoms with Crippen LogP contribution in [0.2, 0.25) is 5.02 Å². The first-order valence-corrected chi connectivity index (χ1v) is 9.98. The van der Waals surface area contributed by atoms with Gasteiger partial charge in [-0.2, -0.15) is 0 Å². The molecular formula is C20H25Cl3N2S. The third-order valence-electron chi connectivity index (χ3n) is 4.89. The van der Waals surface area contributed by atoms with E-state index in [9.17, 15) is 0 Å². The molecule has 1 saturated heterocycles. The van der Waals surface area contributed by atoms with Crippen LogP contribution in [0.4, 0.5) is 0 Å². The fourth-order valence-electron chi connectivity index (χ4n) is 3.57. The molecule has 1 saturated carbocycles. The summed E-state index contributed by atoms with van der Waals surface area (Å²) in [6, 6.07) is 17.7. The van der Waals surface area contributed by atoms with E-state index < -0.39 is 0 Å². The number of halogens is 3. The van der Waals surface area contributed by atoms with E-state index in [0.29, 0.717) is 6.04 Å². The summed E-state index contributed by atoms with van der Waals surface area (Å²) in [5.41, 5.74) is 1.50. The fourth-order valence-corrected chi connectivity index (χ4v) is 4.67. The second-order valence-electron chi connectivity index (χ2n) is 6.66. The van der Waals surface area contributed by atoms with E-state index in [1.165, 1.54) is 28.2 Å². The Bertz CT molecular complexity index is 686. The van der Waals surface area contributed by atoms with Gasteiger partial charge >= 0.3 is 0 Å². The molecule has 1 atom stereocenters. The molecule has 2 nitrogen and oxygen atoms in total. The van der Waals surface area contributed by atoms with Crippen LogP contribution in [0.1, 0.15) is 24.4 Å². The van der Waals surface area contributed by atoms with E-state index in [1.807, 2.05) is 23.9 Å². The second-order valence-corrected chi connectivity index (χ2v) is 8.21. The summed E-state index contributed by atoms with van der Waals surface area (Å²) in [5, 5.41) is 4.28. The lowest BCUT2D eigenvalue weighted by atomic mass is 10.00. The van der Waals surface area contributed by atoms with Crippen molar-refractivity contribution in [2.24, 2.45) is 5.92 Å². The van der Waals surface area contributed by atoms with Gasteiger partial charge in [0.05, 0.1) is 0 Å². The van der Waals surface area contributed by atoms with E-state index in [4.69, 9.17) is 11.6 Å². The van der Waals surface area contributed by atoms with E-state index in [0.717, 1.165) is 37.1 Å². The summed E-state index contributed by atoms with van der Waals surface area (Å²) in [5.74, 6) is 0.829. The van der Waals surface area contributed by atoms with Crippen molar-refractivity contribution in [3.8, 4) is 0 Å². The minimum Gasteiger partial charge on any atom is -0.314 e. The average Bonchev–Trinajstić information content (AvgIpc) is 3.45. The Morgan fingerprint density at radius 1 is 0.962 bits per heavy atom. The van der Waals surface area contributed by atoms with Crippen LogP contribution in [-0.2, 0) is 0 Å². The van der Waals surface area contributed by atoms with Crippen LogP contribution in [0.15, 0.2) is 58.3 Å². The lowest BCUT2D eigenvalue weighted by molar-refractivity contribution is 0.154. The molecule has 0 bridgehead atoms. The molecule has 1 aliphatic heterocycles. The highest BCUT2D eigenvalue weighted by Gasteiger charge is 2.37. The first-order valence-electron chi connectivity index (χ1n) is 8.78. The highest BCUT2D eigenvalue weighted by atomic mass is 35.5. The van der Waals surface area contributed by atoms with Crippen LogP contribution < -0.4 is 5.32 Å². The van der Waals surface area contributed by atoms with Gasteiger partial charge in [-0.3, -0.25) is 4.90 Å². The lowest BCUT2D eigenvalue weighted by Crippen LogP contribution is -2.45. The van der Waals surface area contributed by atoms with Crippen LogP contribution in [-0.4, -0.2) is 31.1 Å². The van der Waals surface area contributed by atoms with Crippen LogP contribution in [0.3, 0.4) is 0 Å². The number of nitrogens with zero attached hydrogens (tertiary/aromatic N) is 1. The Hall–Kier alpha value is -0.420.